The number of fused-ring (bicyclic) bond motifs is 1. The van der Waals surface area contributed by atoms with Gasteiger partial charge in [-0.3, -0.25) is 39.9 Å². The minimum atomic E-state index is -1.02. The lowest BCUT2D eigenvalue weighted by molar-refractivity contribution is -0.384. The first-order valence-electron chi connectivity index (χ1n) is 14.9. The van der Waals surface area contributed by atoms with E-state index in [0.717, 1.165) is 11.3 Å². The number of ether oxygens (including phenoxy) is 2. The summed E-state index contributed by atoms with van der Waals surface area (Å²) in [6.45, 7) is 7.57. The number of benzene rings is 2. The second-order valence-corrected chi connectivity index (χ2v) is 11.8. The van der Waals surface area contributed by atoms with Gasteiger partial charge in [-0.1, -0.05) is 24.3 Å². The van der Waals surface area contributed by atoms with Gasteiger partial charge in [0.15, 0.2) is 0 Å². The number of carbonyl (C=O) groups is 4. The molecule has 248 valence electrons. The van der Waals surface area contributed by atoms with Crippen LogP contribution in [0.2, 0.25) is 0 Å². The monoisotopic (exact) mass is 647 g/mol. The van der Waals surface area contributed by atoms with Gasteiger partial charge in [-0.2, -0.15) is 5.10 Å². The second kappa shape index (κ2) is 14.7. The van der Waals surface area contributed by atoms with Crippen LogP contribution in [0.25, 0.3) is 0 Å². The van der Waals surface area contributed by atoms with Crippen LogP contribution in [-0.2, 0) is 45.0 Å². The molecule has 1 aliphatic heterocycles. The average Bonchev–Trinajstić information content (AvgIpc) is 3.41. The first-order chi connectivity index (χ1) is 22.2. The van der Waals surface area contributed by atoms with Crippen molar-refractivity contribution in [3.05, 3.63) is 92.8 Å². The van der Waals surface area contributed by atoms with E-state index in [-0.39, 0.29) is 49.1 Å². The number of nitro benzene ring substituents is 1. The number of alkyl carbamates (subject to hydrolysis) is 1. The Kier molecular flexibility index (Phi) is 10.7. The van der Waals surface area contributed by atoms with Gasteiger partial charge in [-0.15, -0.1) is 0 Å². The molecule has 2 heterocycles. The molecule has 0 fully saturated rings. The van der Waals surface area contributed by atoms with E-state index in [1.165, 1.54) is 53.2 Å². The molecule has 3 amide bonds. The number of carbonyl (C=O) groups excluding carboxylic acids is 4. The van der Waals surface area contributed by atoms with Gasteiger partial charge in [0.25, 0.3) is 11.6 Å². The van der Waals surface area contributed by atoms with Crippen molar-refractivity contribution in [3.8, 4) is 0 Å². The third-order valence-electron chi connectivity index (χ3n) is 7.06. The predicted octanol–water partition coefficient (Wildman–Crippen LogP) is 3.13. The van der Waals surface area contributed by atoms with Gasteiger partial charge >= 0.3 is 12.1 Å². The molecule has 0 saturated carbocycles. The van der Waals surface area contributed by atoms with Crippen molar-refractivity contribution in [2.45, 2.75) is 65.3 Å². The fraction of sp³-hybridized carbons (Fsp3) is 0.375. The number of amidine groups is 1. The first kappa shape index (κ1) is 34.3. The predicted molar refractivity (Wildman–Crippen MR) is 169 cm³/mol. The molecule has 2 aromatic carbocycles. The van der Waals surface area contributed by atoms with Crippen LogP contribution in [0.1, 0.15) is 60.4 Å². The maximum absolute atomic E-state index is 13.9. The molecule has 1 atom stereocenters. The average molecular weight is 648 g/mol. The summed E-state index contributed by atoms with van der Waals surface area (Å²) in [4.78, 5) is 63.4. The highest BCUT2D eigenvalue weighted by Crippen LogP contribution is 2.20. The van der Waals surface area contributed by atoms with E-state index >= 15 is 0 Å². The molecule has 1 aromatic heterocycles. The standard InChI is InChI=1S/C32H37N7O8/c1-5-46-27(40)19-38-18-23-17-37(15-14-25(23)36-38)30(42)26(16-20-6-12-24(13-7-20)39(44)45)34-29(41)22-10-8-21(9-11-22)28(33)35-31(43)47-32(2,3)4/h6-13,18,26H,5,14-17,19H2,1-4H3,(H,34,41)(H2,33,35,43)/t26-/m0/s1. The summed E-state index contributed by atoms with van der Waals surface area (Å²) in [5.74, 6) is -1.55. The maximum atomic E-state index is 13.9. The van der Waals surface area contributed by atoms with Gasteiger partial charge < -0.3 is 19.7 Å². The highest BCUT2D eigenvalue weighted by atomic mass is 16.6. The molecule has 15 nitrogen and oxygen atoms in total. The highest BCUT2D eigenvalue weighted by molar-refractivity contribution is 6.05. The molecule has 1 aliphatic rings. The quantitative estimate of drug-likeness (QED) is 0.0973. The van der Waals surface area contributed by atoms with E-state index in [1.807, 2.05) is 0 Å². The minimum absolute atomic E-state index is 0.0526. The zero-order valence-electron chi connectivity index (χ0n) is 26.6. The van der Waals surface area contributed by atoms with Crippen LogP contribution in [0.4, 0.5) is 10.5 Å². The normalized spacial score (nSPS) is 13.1. The van der Waals surface area contributed by atoms with Crippen molar-refractivity contribution >= 4 is 35.4 Å². The summed E-state index contributed by atoms with van der Waals surface area (Å²) in [6.07, 6.45) is 1.43. The molecule has 0 spiro atoms. The molecule has 0 aliphatic carbocycles. The zero-order chi connectivity index (χ0) is 34.3. The fourth-order valence-corrected chi connectivity index (χ4v) is 4.90. The first-order valence-corrected chi connectivity index (χ1v) is 14.9. The maximum Gasteiger partial charge on any atom is 0.413 e. The third-order valence-corrected chi connectivity index (χ3v) is 7.06. The number of nitro groups is 1. The Hall–Kier alpha value is -5.60. The molecular formula is C32H37N7O8. The topological polar surface area (TPSA) is 199 Å². The van der Waals surface area contributed by atoms with Gasteiger partial charge in [0, 0.05) is 61.0 Å². The molecule has 15 heteroatoms. The molecule has 0 unspecified atom stereocenters. The van der Waals surface area contributed by atoms with Crippen LogP contribution in [0, 0.1) is 15.5 Å². The second-order valence-electron chi connectivity index (χ2n) is 11.8. The van der Waals surface area contributed by atoms with Gasteiger partial charge in [-0.05, 0) is 45.4 Å². The summed E-state index contributed by atoms with van der Waals surface area (Å²) >= 11 is 0. The van der Waals surface area contributed by atoms with Crippen molar-refractivity contribution in [1.82, 2.24) is 25.3 Å². The smallest absolute Gasteiger partial charge is 0.413 e. The Morgan fingerprint density at radius 1 is 1.06 bits per heavy atom. The van der Waals surface area contributed by atoms with Crippen molar-refractivity contribution in [3.63, 3.8) is 0 Å². The summed E-state index contributed by atoms with van der Waals surface area (Å²) in [5.41, 5.74) is 1.84. The Labute approximate surface area is 270 Å². The Morgan fingerprint density at radius 2 is 1.72 bits per heavy atom. The lowest BCUT2D eigenvalue weighted by atomic mass is 10.0. The van der Waals surface area contributed by atoms with Gasteiger partial charge in [0.05, 0.1) is 17.2 Å². The van der Waals surface area contributed by atoms with E-state index in [4.69, 9.17) is 14.9 Å². The number of nitrogens with zero attached hydrogens (tertiary/aromatic N) is 4. The number of esters is 1. The lowest BCUT2D eigenvalue weighted by Crippen LogP contribution is -2.50. The minimum Gasteiger partial charge on any atom is -0.465 e. The number of hydrogen-bond donors (Lipinski definition) is 3. The molecule has 0 bridgehead atoms. The Bertz CT molecular complexity index is 1660. The molecule has 47 heavy (non-hydrogen) atoms. The van der Waals surface area contributed by atoms with Crippen LogP contribution in [0.3, 0.4) is 0 Å². The molecule has 3 N–H and O–H groups in total. The summed E-state index contributed by atoms with van der Waals surface area (Å²) < 4.78 is 11.7. The van der Waals surface area contributed by atoms with Gasteiger partial charge in [0.2, 0.25) is 5.91 Å². The zero-order valence-corrected chi connectivity index (χ0v) is 26.6. The SMILES string of the molecule is CCOC(=O)Cn1cc2c(n1)CCN(C(=O)[C@H](Cc1ccc([N+](=O)[O-])cc1)NC(=O)c1ccc(C(=N)NC(=O)OC(C)(C)C)cc1)C2. The van der Waals surface area contributed by atoms with Crippen molar-refractivity contribution in [2.75, 3.05) is 13.2 Å². The fourth-order valence-electron chi connectivity index (χ4n) is 4.90. The molecule has 4 rings (SSSR count). The number of non-ortho nitro benzene ring substituents is 1. The molecule has 0 saturated heterocycles. The van der Waals surface area contributed by atoms with Gasteiger partial charge in [0.1, 0.15) is 24.0 Å². The van der Waals surface area contributed by atoms with Gasteiger partial charge in [-0.25, -0.2) is 4.79 Å². The largest absolute Gasteiger partial charge is 0.465 e. The molecule has 0 radical (unpaired) electrons. The van der Waals surface area contributed by atoms with E-state index in [2.05, 4.69) is 15.7 Å². The number of aromatic nitrogens is 2. The Balaban J connectivity index is 1.49. The van der Waals surface area contributed by atoms with E-state index in [0.29, 0.717) is 24.1 Å². The number of rotatable bonds is 10. The van der Waals surface area contributed by atoms with E-state index < -0.39 is 34.5 Å². The number of amides is 3. The van der Waals surface area contributed by atoms with Crippen LogP contribution < -0.4 is 10.6 Å². The number of hydrogen-bond acceptors (Lipinski definition) is 10. The Morgan fingerprint density at radius 3 is 2.34 bits per heavy atom. The molecular weight excluding hydrogens is 610 g/mol. The van der Waals surface area contributed by atoms with Crippen molar-refractivity contribution in [2.24, 2.45) is 0 Å². The van der Waals surface area contributed by atoms with Crippen LogP contribution in [0.5, 0.6) is 0 Å². The van der Waals surface area contributed by atoms with Crippen LogP contribution in [0.15, 0.2) is 54.7 Å². The van der Waals surface area contributed by atoms with E-state index in [9.17, 15) is 29.3 Å². The molecule has 3 aromatic rings. The summed E-state index contributed by atoms with van der Waals surface area (Å²) in [5, 5.41) is 28.9. The third kappa shape index (κ3) is 9.45. The lowest BCUT2D eigenvalue weighted by Gasteiger charge is -2.30. The van der Waals surface area contributed by atoms with E-state index in [1.54, 1.807) is 38.8 Å². The number of nitrogens with one attached hydrogen (secondary N) is 3. The summed E-state index contributed by atoms with van der Waals surface area (Å²) in [6, 6.07) is 10.6. The van der Waals surface area contributed by atoms with Crippen LogP contribution >= 0.6 is 0 Å². The highest BCUT2D eigenvalue weighted by Gasteiger charge is 2.31. The van der Waals surface area contributed by atoms with Crippen molar-refractivity contribution < 1.29 is 33.6 Å². The summed E-state index contributed by atoms with van der Waals surface area (Å²) in [7, 11) is 0. The van der Waals surface area contributed by atoms with Crippen LogP contribution in [-0.4, -0.2) is 74.1 Å². The van der Waals surface area contributed by atoms with Crippen molar-refractivity contribution in [1.29, 1.82) is 5.41 Å².